The lowest BCUT2D eigenvalue weighted by atomic mass is 10.1. The summed E-state index contributed by atoms with van der Waals surface area (Å²) in [6.07, 6.45) is 10.6. The zero-order valence-electron chi connectivity index (χ0n) is 19.4. The van der Waals surface area contributed by atoms with Crippen LogP contribution in [0.4, 0.5) is 0 Å². The zero-order valence-corrected chi connectivity index (χ0v) is 19.4. The van der Waals surface area contributed by atoms with Gasteiger partial charge in [0, 0.05) is 45.4 Å². The predicted octanol–water partition coefficient (Wildman–Crippen LogP) is 2.55. The molecule has 2 aliphatic heterocycles. The normalized spacial score (nSPS) is 24.5. The van der Waals surface area contributed by atoms with Crippen LogP contribution in [0.3, 0.4) is 0 Å². The first-order chi connectivity index (χ1) is 15.8. The van der Waals surface area contributed by atoms with E-state index in [2.05, 4.69) is 15.5 Å². The van der Waals surface area contributed by atoms with Gasteiger partial charge in [0.2, 0.25) is 0 Å². The van der Waals surface area contributed by atoms with E-state index in [1.807, 2.05) is 12.1 Å². The summed E-state index contributed by atoms with van der Waals surface area (Å²) in [7, 11) is 0. The number of nitrogens with one attached hydrogen (secondary N) is 2. The molecule has 8 nitrogen and oxygen atoms in total. The summed E-state index contributed by atoms with van der Waals surface area (Å²) in [6.45, 7) is 7.75. The Morgan fingerprint density at radius 2 is 1.91 bits per heavy atom. The molecule has 8 heteroatoms. The van der Waals surface area contributed by atoms with Gasteiger partial charge in [-0.1, -0.05) is 12.8 Å². The van der Waals surface area contributed by atoms with Crippen molar-refractivity contribution in [3.05, 3.63) is 24.2 Å². The molecule has 1 spiro atoms. The second kappa shape index (κ2) is 12.6. The molecule has 180 valence electrons. The maximum Gasteiger partial charge on any atom is 0.191 e. The standard InChI is InChI=1S/C24H40N4O4/c1-2-4-10-24(9-3-1)31-20-22(32-24)19-27-23(26-12-8-21-7-5-16-30-21)25-11-6-13-28-14-17-29-18-15-28/h5,7,16,22H,1-4,6,8-15,17-20H2,(H2,25,26,27). The molecule has 3 aliphatic rings. The number of nitrogens with zero attached hydrogens (tertiary/aromatic N) is 2. The Kier molecular flexibility index (Phi) is 9.26. The third kappa shape index (κ3) is 7.47. The fourth-order valence-electron chi connectivity index (χ4n) is 4.70. The zero-order chi connectivity index (χ0) is 21.9. The van der Waals surface area contributed by atoms with Crippen molar-refractivity contribution in [3.63, 3.8) is 0 Å². The first kappa shape index (κ1) is 23.5. The molecular formula is C24H40N4O4. The number of rotatable bonds is 9. The van der Waals surface area contributed by atoms with E-state index in [9.17, 15) is 0 Å². The van der Waals surface area contributed by atoms with Crippen LogP contribution < -0.4 is 10.6 Å². The molecule has 4 rings (SSSR count). The molecule has 0 aromatic carbocycles. The molecule has 1 atom stereocenters. The van der Waals surface area contributed by atoms with Crippen LogP contribution in [-0.2, 0) is 20.6 Å². The van der Waals surface area contributed by atoms with Crippen molar-refractivity contribution in [3.8, 4) is 0 Å². The molecule has 1 aromatic heterocycles. The molecule has 3 fully saturated rings. The van der Waals surface area contributed by atoms with Crippen molar-refractivity contribution < 1.29 is 18.6 Å². The predicted molar refractivity (Wildman–Crippen MR) is 124 cm³/mol. The van der Waals surface area contributed by atoms with Crippen LogP contribution in [0, 0.1) is 0 Å². The van der Waals surface area contributed by atoms with Crippen LogP contribution in [0.15, 0.2) is 27.8 Å². The molecule has 1 aromatic rings. The van der Waals surface area contributed by atoms with Crippen molar-refractivity contribution in [2.45, 2.75) is 63.3 Å². The average molecular weight is 449 g/mol. The third-order valence-corrected chi connectivity index (χ3v) is 6.52. The van der Waals surface area contributed by atoms with E-state index < -0.39 is 0 Å². The fourth-order valence-corrected chi connectivity index (χ4v) is 4.70. The van der Waals surface area contributed by atoms with E-state index in [1.54, 1.807) is 6.26 Å². The van der Waals surface area contributed by atoms with E-state index >= 15 is 0 Å². The summed E-state index contributed by atoms with van der Waals surface area (Å²) in [5.74, 6) is 1.46. The second-order valence-corrected chi connectivity index (χ2v) is 9.06. The Labute approximate surface area is 192 Å². The number of furan rings is 1. The topological polar surface area (TPSA) is 80.5 Å². The van der Waals surface area contributed by atoms with Crippen molar-refractivity contribution in [2.75, 3.05) is 59.1 Å². The highest BCUT2D eigenvalue weighted by Crippen LogP contribution is 2.36. The minimum Gasteiger partial charge on any atom is -0.469 e. The van der Waals surface area contributed by atoms with Crippen LogP contribution >= 0.6 is 0 Å². The van der Waals surface area contributed by atoms with Gasteiger partial charge in [-0.05, 0) is 37.9 Å². The first-order valence-corrected chi connectivity index (χ1v) is 12.5. The number of guanidine groups is 1. The minimum atomic E-state index is -0.352. The molecule has 1 aliphatic carbocycles. The molecule has 1 saturated carbocycles. The Balaban J connectivity index is 1.23. The Hall–Kier alpha value is -1.61. The van der Waals surface area contributed by atoms with E-state index in [-0.39, 0.29) is 11.9 Å². The molecule has 32 heavy (non-hydrogen) atoms. The average Bonchev–Trinajstić information content (AvgIpc) is 3.42. The monoisotopic (exact) mass is 448 g/mol. The van der Waals surface area contributed by atoms with E-state index in [0.29, 0.717) is 13.2 Å². The number of ether oxygens (including phenoxy) is 3. The second-order valence-electron chi connectivity index (χ2n) is 9.06. The van der Waals surface area contributed by atoms with Gasteiger partial charge in [0.05, 0.1) is 32.6 Å². The summed E-state index contributed by atoms with van der Waals surface area (Å²) in [4.78, 5) is 7.30. The number of hydrogen-bond acceptors (Lipinski definition) is 6. The largest absolute Gasteiger partial charge is 0.469 e. The maximum atomic E-state index is 6.37. The highest BCUT2D eigenvalue weighted by Gasteiger charge is 2.41. The van der Waals surface area contributed by atoms with Gasteiger partial charge in [-0.25, -0.2) is 0 Å². The van der Waals surface area contributed by atoms with Gasteiger partial charge < -0.3 is 29.3 Å². The number of aliphatic imine (C=N–C) groups is 1. The lowest BCUT2D eigenvalue weighted by Gasteiger charge is -2.26. The first-order valence-electron chi connectivity index (χ1n) is 12.5. The van der Waals surface area contributed by atoms with Crippen LogP contribution in [0.2, 0.25) is 0 Å². The van der Waals surface area contributed by atoms with E-state index in [4.69, 9.17) is 23.6 Å². The van der Waals surface area contributed by atoms with Crippen molar-refractivity contribution in [1.29, 1.82) is 0 Å². The van der Waals surface area contributed by atoms with Crippen LogP contribution in [0.5, 0.6) is 0 Å². The molecular weight excluding hydrogens is 408 g/mol. The smallest absolute Gasteiger partial charge is 0.191 e. The van der Waals surface area contributed by atoms with E-state index in [1.165, 1.54) is 25.7 Å². The van der Waals surface area contributed by atoms with Crippen LogP contribution in [0.25, 0.3) is 0 Å². The highest BCUT2D eigenvalue weighted by molar-refractivity contribution is 5.79. The maximum absolute atomic E-state index is 6.37. The minimum absolute atomic E-state index is 0.0325. The van der Waals surface area contributed by atoms with Crippen LogP contribution in [-0.4, -0.2) is 81.8 Å². The summed E-state index contributed by atoms with van der Waals surface area (Å²) in [6, 6.07) is 3.93. The summed E-state index contributed by atoms with van der Waals surface area (Å²) in [5.41, 5.74) is 0. The number of morpholine rings is 1. The fraction of sp³-hybridized carbons (Fsp3) is 0.792. The molecule has 0 bridgehead atoms. The molecule has 3 heterocycles. The Morgan fingerprint density at radius 1 is 1.09 bits per heavy atom. The van der Waals surface area contributed by atoms with Gasteiger partial charge in [-0.2, -0.15) is 0 Å². The summed E-state index contributed by atoms with van der Waals surface area (Å²) >= 11 is 0. The summed E-state index contributed by atoms with van der Waals surface area (Å²) < 4.78 is 23.4. The Morgan fingerprint density at radius 3 is 2.69 bits per heavy atom. The SMILES string of the molecule is c1coc(CCNC(=NCC2COC3(CCCCCC3)O2)NCCCN2CCOCC2)c1. The molecule has 2 N–H and O–H groups in total. The van der Waals surface area contributed by atoms with Gasteiger partial charge in [0.1, 0.15) is 11.9 Å². The lowest BCUT2D eigenvalue weighted by Crippen LogP contribution is -2.41. The van der Waals surface area contributed by atoms with Crippen molar-refractivity contribution in [2.24, 2.45) is 4.99 Å². The molecule has 0 radical (unpaired) electrons. The van der Waals surface area contributed by atoms with Crippen molar-refractivity contribution >= 4 is 5.96 Å². The third-order valence-electron chi connectivity index (χ3n) is 6.52. The number of hydrogen-bond donors (Lipinski definition) is 2. The quantitative estimate of drug-likeness (QED) is 0.341. The van der Waals surface area contributed by atoms with Gasteiger partial charge in [-0.3, -0.25) is 9.89 Å². The van der Waals surface area contributed by atoms with Gasteiger partial charge in [0.15, 0.2) is 11.7 Å². The summed E-state index contributed by atoms with van der Waals surface area (Å²) in [5, 5.41) is 6.95. The lowest BCUT2D eigenvalue weighted by molar-refractivity contribution is -0.174. The molecule has 1 unspecified atom stereocenters. The van der Waals surface area contributed by atoms with Crippen molar-refractivity contribution in [1.82, 2.24) is 15.5 Å². The van der Waals surface area contributed by atoms with E-state index in [0.717, 1.165) is 83.3 Å². The highest BCUT2D eigenvalue weighted by atomic mass is 16.7. The van der Waals surface area contributed by atoms with Gasteiger partial charge in [0.25, 0.3) is 0 Å². The molecule has 0 amide bonds. The Bertz CT molecular complexity index is 668. The van der Waals surface area contributed by atoms with Crippen LogP contribution in [0.1, 0.15) is 50.7 Å². The molecule has 2 saturated heterocycles. The van der Waals surface area contributed by atoms with Gasteiger partial charge >= 0.3 is 0 Å². The van der Waals surface area contributed by atoms with Gasteiger partial charge in [-0.15, -0.1) is 0 Å².